The molecule has 1 amide bonds. The molecule has 1 aromatic carbocycles. The SMILES string of the molecule is COc1cc(NCCNC(=O)[C@@H](C)N)cc(OC)c1.Cl. The van der Waals surface area contributed by atoms with E-state index in [0.29, 0.717) is 24.6 Å². The van der Waals surface area contributed by atoms with E-state index in [1.807, 2.05) is 12.1 Å². The van der Waals surface area contributed by atoms with Crippen LogP contribution < -0.4 is 25.8 Å². The van der Waals surface area contributed by atoms with Gasteiger partial charge in [-0.15, -0.1) is 12.4 Å². The maximum atomic E-state index is 11.3. The number of anilines is 1. The minimum absolute atomic E-state index is 0. The van der Waals surface area contributed by atoms with Gasteiger partial charge >= 0.3 is 0 Å². The Morgan fingerprint density at radius 2 is 1.75 bits per heavy atom. The van der Waals surface area contributed by atoms with Gasteiger partial charge in [0, 0.05) is 37.0 Å². The van der Waals surface area contributed by atoms with Crippen LogP contribution in [0.3, 0.4) is 0 Å². The molecule has 6 nitrogen and oxygen atoms in total. The first-order valence-electron chi connectivity index (χ1n) is 6.07. The highest BCUT2D eigenvalue weighted by Crippen LogP contribution is 2.25. The minimum Gasteiger partial charge on any atom is -0.497 e. The highest BCUT2D eigenvalue weighted by atomic mass is 35.5. The lowest BCUT2D eigenvalue weighted by atomic mass is 10.2. The second kappa shape index (κ2) is 9.28. The second-order valence-corrected chi connectivity index (χ2v) is 4.11. The van der Waals surface area contributed by atoms with E-state index in [4.69, 9.17) is 15.2 Å². The van der Waals surface area contributed by atoms with Gasteiger partial charge in [-0.1, -0.05) is 0 Å². The van der Waals surface area contributed by atoms with E-state index in [1.54, 1.807) is 27.2 Å². The highest BCUT2D eigenvalue weighted by Gasteiger charge is 2.05. The Morgan fingerprint density at radius 1 is 1.20 bits per heavy atom. The predicted molar refractivity (Wildman–Crippen MR) is 81.9 cm³/mol. The lowest BCUT2D eigenvalue weighted by Gasteiger charge is -2.12. The highest BCUT2D eigenvalue weighted by molar-refractivity contribution is 5.85. The van der Waals surface area contributed by atoms with Gasteiger partial charge in [0.05, 0.1) is 20.3 Å². The van der Waals surface area contributed by atoms with Gasteiger partial charge in [0.15, 0.2) is 0 Å². The van der Waals surface area contributed by atoms with Crippen LogP contribution in [0.4, 0.5) is 5.69 Å². The number of ether oxygens (including phenoxy) is 2. The van der Waals surface area contributed by atoms with E-state index >= 15 is 0 Å². The largest absolute Gasteiger partial charge is 0.497 e. The van der Waals surface area contributed by atoms with Crippen molar-refractivity contribution in [1.29, 1.82) is 0 Å². The summed E-state index contributed by atoms with van der Waals surface area (Å²) in [5.74, 6) is 1.26. The number of rotatable bonds is 7. The fourth-order valence-electron chi connectivity index (χ4n) is 1.46. The molecular formula is C13H22ClN3O3. The molecule has 1 atom stereocenters. The average molecular weight is 304 g/mol. The number of carbonyl (C=O) groups is 1. The number of amides is 1. The van der Waals surface area contributed by atoms with Crippen LogP contribution in [0.1, 0.15) is 6.92 Å². The van der Waals surface area contributed by atoms with Crippen molar-refractivity contribution < 1.29 is 14.3 Å². The summed E-state index contributed by atoms with van der Waals surface area (Å²) in [4.78, 5) is 11.3. The molecule has 0 radical (unpaired) electrons. The fourth-order valence-corrected chi connectivity index (χ4v) is 1.46. The van der Waals surface area contributed by atoms with Gasteiger partial charge in [-0.2, -0.15) is 0 Å². The normalized spacial score (nSPS) is 11.0. The molecule has 0 saturated carbocycles. The van der Waals surface area contributed by atoms with E-state index in [9.17, 15) is 4.79 Å². The van der Waals surface area contributed by atoms with Crippen LogP contribution in [0.2, 0.25) is 0 Å². The Morgan fingerprint density at radius 3 is 2.20 bits per heavy atom. The summed E-state index contributed by atoms with van der Waals surface area (Å²) in [6.45, 7) is 2.74. The standard InChI is InChI=1S/C13H21N3O3.ClH/c1-9(14)13(17)16-5-4-15-10-6-11(18-2)8-12(7-10)19-3;/h6-9,15H,4-5,14H2,1-3H3,(H,16,17);1H/t9-;/m1./s1. The van der Waals surface area contributed by atoms with Crippen molar-refractivity contribution in [3.63, 3.8) is 0 Å². The van der Waals surface area contributed by atoms with Crippen LogP contribution in [-0.4, -0.2) is 39.3 Å². The molecule has 1 rings (SSSR count). The third-order valence-corrected chi connectivity index (χ3v) is 2.52. The number of hydrogen-bond donors (Lipinski definition) is 3. The lowest BCUT2D eigenvalue weighted by molar-refractivity contribution is -0.121. The monoisotopic (exact) mass is 303 g/mol. The molecule has 0 aromatic heterocycles. The summed E-state index contributed by atoms with van der Waals surface area (Å²) >= 11 is 0. The summed E-state index contributed by atoms with van der Waals surface area (Å²) in [6.07, 6.45) is 0. The quantitative estimate of drug-likeness (QED) is 0.654. The van der Waals surface area contributed by atoms with E-state index in [0.717, 1.165) is 5.69 Å². The van der Waals surface area contributed by atoms with Crippen molar-refractivity contribution in [2.45, 2.75) is 13.0 Å². The first-order valence-corrected chi connectivity index (χ1v) is 6.07. The third-order valence-electron chi connectivity index (χ3n) is 2.52. The van der Waals surface area contributed by atoms with Gasteiger partial charge in [0.25, 0.3) is 0 Å². The van der Waals surface area contributed by atoms with Gasteiger partial charge in [0.2, 0.25) is 5.91 Å². The maximum Gasteiger partial charge on any atom is 0.236 e. The molecule has 0 saturated heterocycles. The number of nitrogens with one attached hydrogen (secondary N) is 2. The molecule has 114 valence electrons. The lowest BCUT2D eigenvalue weighted by Crippen LogP contribution is -2.40. The first-order chi connectivity index (χ1) is 9.06. The molecule has 0 bridgehead atoms. The van der Waals surface area contributed by atoms with Gasteiger partial charge in [-0.25, -0.2) is 0 Å². The van der Waals surface area contributed by atoms with E-state index in [-0.39, 0.29) is 18.3 Å². The molecule has 0 heterocycles. The molecule has 4 N–H and O–H groups in total. The third kappa shape index (κ3) is 5.99. The zero-order chi connectivity index (χ0) is 14.3. The summed E-state index contributed by atoms with van der Waals surface area (Å²) < 4.78 is 10.3. The van der Waals surface area contributed by atoms with Gasteiger partial charge in [0.1, 0.15) is 11.5 Å². The number of methoxy groups -OCH3 is 2. The number of carbonyl (C=O) groups excluding carboxylic acids is 1. The fraction of sp³-hybridized carbons (Fsp3) is 0.462. The van der Waals surface area contributed by atoms with Crippen LogP contribution in [0.5, 0.6) is 11.5 Å². The van der Waals surface area contributed by atoms with Crippen LogP contribution in [-0.2, 0) is 4.79 Å². The molecule has 0 aliphatic rings. The minimum atomic E-state index is -0.489. The number of nitrogens with two attached hydrogens (primary N) is 1. The molecule has 0 spiro atoms. The van der Waals surface area contributed by atoms with Crippen LogP contribution in [0.25, 0.3) is 0 Å². The Labute approximate surface area is 125 Å². The van der Waals surface area contributed by atoms with Crippen LogP contribution in [0.15, 0.2) is 18.2 Å². The van der Waals surface area contributed by atoms with Crippen LogP contribution >= 0.6 is 12.4 Å². The summed E-state index contributed by atoms with van der Waals surface area (Å²) in [6, 6.07) is 5.02. The molecule has 7 heteroatoms. The van der Waals surface area contributed by atoms with Crippen molar-refractivity contribution in [3.05, 3.63) is 18.2 Å². The van der Waals surface area contributed by atoms with Crippen molar-refractivity contribution >= 4 is 24.0 Å². The Kier molecular flexibility index (Phi) is 8.51. The predicted octanol–water partition coefficient (Wildman–Crippen LogP) is 1.00. The molecule has 0 unspecified atom stereocenters. The van der Waals surface area contributed by atoms with Gasteiger partial charge in [-0.05, 0) is 6.92 Å². The van der Waals surface area contributed by atoms with Crippen molar-refractivity contribution in [1.82, 2.24) is 5.32 Å². The molecule has 0 fully saturated rings. The van der Waals surface area contributed by atoms with E-state index < -0.39 is 6.04 Å². The molecule has 1 aromatic rings. The summed E-state index contributed by atoms with van der Waals surface area (Å²) in [5.41, 5.74) is 6.31. The zero-order valence-electron chi connectivity index (χ0n) is 11.9. The first kappa shape index (κ1) is 18.3. The van der Waals surface area contributed by atoms with Crippen molar-refractivity contribution in [3.8, 4) is 11.5 Å². The van der Waals surface area contributed by atoms with Crippen molar-refractivity contribution in [2.24, 2.45) is 5.73 Å². The smallest absolute Gasteiger partial charge is 0.236 e. The van der Waals surface area contributed by atoms with E-state index in [1.165, 1.54) is 0 Å². The molecular weight excluding hydrogens is 282 g/mol. The number of benzene rings is 1. The van der Waals surface area contributed by atoms with Gasteiger partial charge in [-0.3, -0.25) is 4.79 Å². The average Bonchev–Trinajstić information content (AvgIpc) is 2.42. The second-order valence-electron chi connectivity index (χ2n) is 4.11. The Bertz CT molecular complexity index is 405. The topological polar surface area (TPSA) is 85.6 Å². The Balaban J connectivity index is 0.00000361. The van der Waals surface area contributed by atoms with Gasteiger partial charge < -0.3 is 25.8 Å². The maximum absolute atomic E-state index is 11.3. The van der Waals surface area contributed by atoms with Crippen LogP contribution in [0, 0.1) is 0 Å². The number of hydrogen-bond acceptors (Lipinski definition) is 5. The molecule has 0 aliphatic carbocycles. The summed E-state index contributed by atoms with van der Waals surface area (Å²) in [5, 5.41) is 5.89. The summed E-state index contributed by atoms with van der Waals surface area (Å²) in [7, 11) is 3.20. The Hall–Kier alpha value is -1.66. The molecule has 20 heavy (non-hydrogen) atoms. The van der Waals surface area contributed by atoms with E-state index in [2.05, 4.69) is 10.6 Å². The number of halogens is 1. The molecule has 0 aliphatic heterocycles. The zero-order valence-corrected chi connectivity index (χ0v) is 12.8. The van der Waals surface area contributed by atoms with Crippen molar-refractivity contribution in [2.75, 3.05) is 32.6 Å².